The van der Waals surface area contributed by atoms with Gasteiger partial charge in [-0.3, -0.25) is 0 Å². The molecule has 1 aromatic carbocycles. The summed E-state index contributed by atoms with van der Waals surface area (Å²) in [5.74, 6) is -0.182. The molecule has 0 saturated heterocycles. The minimum atomic E-state index is -0.712. The van der Waals surface area contributed by atoms with Crippen LogP contribution >= 0.6 is 0 Å². The van der Waals surface area contributed by atoms with Crippen LogP contribution in [0.3, 0.4) is 0 Å². The molecule has 0 amide bonds. The van der Waals surface area contributed by atoms with Gasteiger partial charge in [0, 0.05) is 34.8 Å². The van der Waals surface area contributed by atoms with E-state index >= 15 is 4.39 Å². The maximum atomic E-state index is 15.8. The quantitative estimate of drug-likeness (QED) is 0.409. The molecule has 2 N–H and O–H groups in total. The van der Waals surface area contributed by atoms with E-state index < -0.39 is 17.5 Å². The highest BCUT2D eigenvalue weighted by molar-refractivity contribution is 5.99. The highest BCUT2D eigenvalue weighted by Gasteiger charge is 2.42. The molecule has 0 aliphatic heterocycles. The number of hydrogen-bond acceptors (Lipinski definition) is 2. The molecule has 4 saturated carbocycles. The van der Waals surface area contributed by atoms with Crippen molar-refractivity contribution in [2.75, 3.05) is 5.32 Å². The van der Waals surface area contributed by atoms with Crippen molar-refractivity contribution in [1.82, 2.24) is 9.97 Å². The summed E-state index contributed by atoms with van der Waals surface area (Å²) >= 11 is 0. The van der Waals surface area contributed by atoms with E-state index in [4.69, 9.17) is 6.57 Å². The van der Waals surface area contributed by atoms with E-state index in [0.29, 0.717) is 34.3 Å². The van der Waals surface area contributed by atoms with Crippen LogP contribution in [-0.4, -0.2) is 16.0 Å². The second-order valence-electron chi connectivity index (χ2n) is 9.99. The highest BCUT2D eigenvalue weighted by atomic mass is 19.1. The Kier molecular flexibility index (Phi) is 4.69. The van der Waals surface area contributed by atoms with Crippen LogP contribution in [-0.2, 0) is 0 Å². The zero-order valence-corrected chi connectivity index (χ0v) is 18.4. The molecule has 4 fully saturated rings. The number of halogens is 3. The maximum Gasteiger partial charge on any atom is 0.219 e. The zero-order chi connectivity index (χ0) is 22.9. The summed E-state index contributed by atoms with van der Waals surface area (Å²) in [6.45, 7) is 10.0. The first-order valence-electron chi connectivity index (χ1n) is 11.8. The molecule has 3 aromatic rings. The third-order valence-corrected chi connectivity index (χ3v) is 8.14. The van der Waals surface area contributed by atoms with E-state index in [0.717, 1.165) is 31.7 Å². The van der Waals surface area contributed by atoms with Crippen molar-refractivity contribution in [3.63, 3.8) is 0 Å². The molecule has 7 rings (SSSR count). The first-order valence-corrected chi connectivity index (χ1v) is 11.8. The average molecular weight is 451 g/mol. The van der Waals surface area contributed by atoms with Gasteiger partial charge in [-0.1, -0.05) is 6.92 Å². The summed E-state index contributed by atoms with van der Waals surface area (Å²) in [6, 6.07) is 2.18. The minimum absolute atomic E-state index is 0.0182. The zero-order valence-electron chi connectivity index (χ0n) is 18.4. The number of nitrogens with one attached hydrogen (secondary N) is 2. The first-order chi connectivity index (χ1) is 16.0. The Labute approximate surface area is 190 Å². The lowest BCUT2D eigenvalue weighted by atomic mass is 9.62. The second kappa shape index (κ2) is 7.51. The SMILES string of the molecule is [C-]#[N+]c1c(-c2c[nH]c3c(F)cc(F)cc23)nc(N[C@@H]2C3CCC(CC3)[C@H]2C)c(F)c1C1CC1. The van der Waals surface area contributed by atoms with Gasteiger partial charge in [-0.05, 0) is 68.3 Å². The van der Waals surface area contributed by atoms with Crippen molar-refractivity contribution in [2.45, 2.75) is 57.4 Å². The molecular formula is C26H25F3N4. The molecule has 33 heavy (non-hydrogen) atoms. The van der Waals surface area contributed by atoms with Crippen molar-refractivity contribution < 1.29 is 13.2 Å². The van der Waals surface area contributed by atoms with Gasteiger partial charge in [0.05, 0.1) is 17.8 Å². The van der Waals surface area contributed by atoms with Crippen molar-refractivity contribution >= 4 is 22.4 Å². The molecule has 4 aliphatic rings. The van der Waals surface area contributed by atoms with Gasteiger partial charge in [0.2, 0.25) is 5.69 Å². The number of nitrogens with zero attached hydrogens (tertiary/aromatic N) is 2. The number of hydrogen-bond donors (Lipinski definition) is 2. The summed E-state index contributed by atoms with van der Waals surface area (Å²) in [4.78, 5) is 11.1. The molecule has 0 unspecified atom stereocenters. The lowest BCUT2D eigenvalue weighted by Gasteiger charge is -2.47. The predicted molar refractivity (Wildman–Crippen MR) is 122 cm³/mol. The molecule has 0 radical (unpaired) electrons. The van der Waals surface area contributed by atoms with Crippen molar-refractivity contribution in [3.05, 3.63) is 52.8 Å². The Hall–Kier alpha value is -3.01. The predicted octanol–water partition coefficient (Wildman–Crippen LogP) is 7.31. The Morgan fingerprint density at radius 2 is 1.79 bits per heavy atom. The van der Waals surface area contributed by atoms with E-state index in [9.17, 15) is 8.78 Å². The van der Waals surface area contributed by atoms with Crippen LogP contribution in [0.1, 0.15) is 56.9 Å². The van der Waals surface area contributed by atoms with Gasteiger partial charge in [0.25, 0.3) is 0 Å². The summed E-state index contributed by atoms with van der Waals surface area (Å²) in [5.41, 5.74) is 1.37. The van der Waals surface area contributed by atoms with Gasteiger partial charge in [-0.2, -0.15) is 0 Å². The minimum Gasteiger partial charge on any atom is -0.364 e. The van der Waals surface area contributed by atoms with Gasteiger partial charge in [-0.15, -0.1) is 0 Å². The van der Waals surface area contributed by atoms with E-state index in [2.05, 4.69) is 27.1 Å². The first kappa shape index (κ1) is 20.6. The van der Waals surface area contributed by atoms with Crippen molar-refractivity contribution in [3.8, 4) is 11.3 Å². The number of anilines is 1. The van der Waals surface area contributed by atoms with E-state index in [1.807, 2.05) is 0 Å². The second-order valence-corrected chi connectivity index (χ2v) is 9.99. The largest absolute Gasteiger partial charge is 0.364 e. The standard InChI is InChI=1S/C26H25F3N4/c1-12-13-3-7-15(8-4-13)22(12)32-26-21(29)20(14-5-6-14)25(30-2)24(33-26)18-11-31-23-17(18)9-16(27)10-19(23)28/h9-15,22,31H,3-8H2,1H3,(H,32,33)/t12-,13?,15?,22+/m1/s1. The molecule has 2 bridgehead atoms. The summed E-state index contributed by atoms with van der Waals surface area (Å²) in [7, 11) is 0. The molecule has 2 aromatic heterocycles. The number of fused-ring (bicyclic) bond motifs is 4. The molecule has 2 heterocycles. The van der Waals surface area contributed by atoms with Crippen LogP contribution in [0.2, 0.25) is 0 Å². The fraction of sp³-hybridized carbons (Fsp3) is 0.462. The smallest absolute Gasteiger partial charge is 0.219 e. The molecule has 2 atom stereocenters. The Morgan fingerprint density at radius 3 is 2.45 bits per heavy atom. The van der Waals surface area contributed by atoms with Crippen molar-refractivity contribution in [2.24, 2.45) is 17.8 Å². The van der Waals surface area contributed by atoms with Gasteiger partial charge in [0.15, 0.2) is 11.6 Å². The number of pyridine rings is 1. The van der Waals surface area contributed by atoms with Crippen LogP contribution in [0.25, 0.3) is 27.0 Å². The van der Waals surface area contributed by atoms with E-state index in [-0.39, 0.29) is 34.7 Å². The Bertz CT molecular complexity index is 1290. The Balaban J connectivity index is 1.52. The summed E-state index contributed by atoms with van der Waals surface area (Å²) in [5, 5.41) is 3.73. The molecule has 0 spiro atoms. The van der Waals surface area contributed by atoms with Gasteiger partial charge < -0.3 is 10.3 Å². The topological polar surface area (TPSA) is 45.1 Å². The molecule has 4 aliphatic carbocycles. The third kappa shape index (κ3) is 3.22. The number of H-pyrrole nitrogens is 1. The van der Waals surface area contributed by atoms with Crippen LogP contribution in [0.5, 0.6) is 0 Å². The third-order valence-electron chi connectivity index (χ3n) is 8.14. The lowest BCUT2D eigenvalue weighted by molar-refractivity contribution is 0.0926. The van der Waals surface area contributed by atoms with Crippen LogP contribution in [0.15, 0.2) is 18.3 Å². The highest BCUT2D eigenvalue weighted by Crippen LogP contribution is 2.51. The monoisotopic (exact) mass is 450 g/mol. The van der Waals surface area contributed by atoms with Gasteiger partial charge in [-0.25, -0.2) is 23.0 Å². The number of benzene rings is 1. The molecular weight excluding hydrogens is 425 g/mol. The summed E-state index contributed by atoms with van der Waals surface area (Å²) < 4.78 is 44.2. The molecule has 4 nitrogen and oxygen atoms in total. The van der Waals surface area contributed by atoms with Crippen LogP contribution < -0.4 is 5.32 Å². The van der Waals surface area contributed by atoms with Crippen LogP contribution in [0.4, 0.5) is 24.7 Å². The van der Waals surface area contributed by atoms with Gasteiger partial charge in [0.1, 0.15) is 11.6 Å². The number of aromatic amines is 1. The van der Waals surface area contributed by atoms with Gasteiger partial charge >= 0.3 is 0 Å². The number of aromatic nitrogens is 2. The fourth-order valence-electron chi connectivity index (χ4n) is 6.22. The lowest BCUT2D eigenvalue weighted by Crippen LogP contribution is -2.47. The average Bonchev–Trinajstić information content (AvgIpc) is 3.55. The van der Waals surface area contributed by atoms with E-state index in [1.165, 1.54) is 25.1 Å². The molecule has 170 valence electrons. The fourth-order valence-corrected chi connectivity index (χ4v) is 6.22. The maximum absolute atomic E-state index is 15.8. The van der Waals surface area contributed by atoms with Crippen molar-refractivity contribution in [1.29, 1.82) is 0 Å². The van der Waals surface area contributed by atoms with Crippen LogP contribution in [0, 0.1) is 41.8 Å². The summed E-state index contributed by atoms with van der Waals surface area (Å²) in [6.07, 6.45) is 7.90. The van der Waals surface area contributed by atoms with E-state index in [1.54, 1.807) is 0 Å². The number of rotatable bonds is 4. The Morgan fingerprint density at radius 1 is 1.06 bits per heavy atom. The molecule has 7 heteroatoms. The normalized spacial score (nSPS) is 26.5.